The Labute approximate surface area is 210 Å². The summed E-state index contributed by atoms with van der Waals surface area (Å²) in [4.78, 5) is 40.1. The van der Waals surface area contributed by atoms with Crippen molar-refractivity contribution in [3.63, 3.8) is 0 Å². The second kappa shape index (κ2) is 12.6. The Balaban J connectivity index is 1.66. The lowest BCUT2D eigenvalue weighted by molar-refractivity contribution is -0.126. The minimum absolute atomic E-state index is 0.119. The van der Waals surface area contributed by atoms with Crippen LogP contribution in [0.5, 0.6) is 0 Å². The molecule has 2 N–H and O–H groups in total. The van der Waals surface area contributed by atoms with Crippen LogP contribution in [-0.4, -0.2) is 45.5 Å². The highest BCUT2D eigenvalue weighted by Crippen LogP contribution is 2.21. The molecule has 0 bridgehead atoms. The van der Waals surface area contributed by atoms with Crippen LogP contribution in [0.2, 0.25) is 0 Å². The van der Waals surface area contributed by atoms with Crippen LogP contribution in [0.3, 0.4) is 0 Å². The van der Waals surface area contributed by atoms with Crippen molar-refractivity contribution < 1.29 is 18.6 Å². The van der Waals surface area contributed by atoms with E-state index in [9.17, 15) is 18.6 Å². The number of rotatable bonds is 9. The number of hydrogen-bond acceptors (Lipinski definition) is 4. The van der Waals surface area contributed by atoms with Crippen LogP contribution in [0, 0.1) is 13.8 Å². The molecule has 8 heteroatoms. The zero-order chi connectivity index (χ0) is 25.4. The van der Waals surface area contributed by atoms with Crippen molar-refractivity contribution in [2.75, 3.05) is 21.7 Å². The van der Waals surface area contributed by atoms with E-state index in [1.54, 1.807) is 31.2 Å². The van der Waals surface area contributed by atoms with Gasteiger partial charge < -0.3 is 10.6 Å². The van der Waals surface area contributed by atoms with E-state index >= 15 is 0 Å². The summed E-state index contributed by atoms with van der Waals surface area (Å²) in [6.07, 6.45) is 5.24. The zero-order valence-electron chi connectivity index (χ0n) is 20.7. The molecule has 0 radical (unpaired) electrons. The van der Waals surface area contributed by atoms with E-state index in [1.807, 2.05) is 38.1 Å². The van der Waals surface area contributed by atoms with E-state index < -0.39 is 28.7 Å². The van der Waals surface area contributed by atoms with E-state index in [1.165, 1.54) is 11.3 Å². The summed E-state index contributed by atoms with van der Waals surface area (Å²) in [7, 11) is -1.73. The second-order valence-corrected chi connectivity index (χ2v) is 10.7. The van der Waals surface area contributed by atoms with Crippen molar-refractivity contribution in [1.29, 1.82) is 0 Å². The van der Waals surface area contributed by atoms with Crippen LogP contribution in [0.1, 0.15) is 50.2 Å². The van der Waals surface area contributed by atoms with Gasteiger partial charge in [-0.1, -0.05) is 54.7 Å². The molecule has 3 rings (SSSR count). The Morgan fingerprint density at radius 1 is 0.914 bits per heavy atom. The summed E-state index contributed by atoms with van der Waals surface area (Å²) >= 11 is 0. The van der Waals surface area contributed by atoms with E-state index in [0.29, 0.717) is 11.4 Å². The van der Waals surface area contributed by atoms with Crippen molar-refractivity contribution in [2.45, 2.75) is 65.0 Å². The number of aryl methyl sites for hydroxylation is 2. The third-order valence-corrected chi connectivity index (χ3v) is 7.36. The van der Waals surface area contributed by atoms with E-state index in [4.69, 9.17) is 0 Å². The van der Waals surface area contributed by atoms with Crippen LogP contribution in [0.25, 0.3) is 0 Å². The van der Waals surface area contributed by atoms with E-state index in [0.717, 1.165) is 36.8 Å². The molecule has 0 heterocycles. The van der Waals surface area contributed by atoms with Gasteiger partial charge >= 0.3 is 0 Å². The molecule has 0 saturated heterocycles. The fourth-order valence-electron chi connectivity index (χ4n) is 4.21. The predicted octanol–water partition coefficient (Wildman–Crippen LogP) is 3.86. The maximum absolute atomic E-state index is 13.3. The first-order chi connectivity index (χ1) is 16.7. The Bertz CT molecular complexity index is 1050. The van der Waals surface area contributed by atoms with Gasteiger partial charge in [0.05, 0.1) is 0 Å². The van der Waals surface area contributed by atoms with Gasteiger partial charge in [0.15, 0.2) is 0 Å². The minimum Gasteiger partial charge on any atom is -0.352 e. The van der Waals surface area contributed by atoms with Crippen LogP contribution >= 0.6 is 0 Å². The zero-order valence-corrected chi connectivity index (χ0v) is 21.5. The number of hydrogen-bond donors (Lipinski definition) is 2. The molecule has 1 aliphatic carbocycles. The van der Waals surface area contributed by atoms with Crippen molar-refractivity contribution in [3.05, 3.63) is 59.7 Å². The third-order valence-electron chi connectivity index (χ3n) is 6.21. The number of benzene rings is 2. The van der Waals surface area contributed by atoms with Gasteiger partial charge in [0.25, 0.3) is 0 Å². The highest BCUT2D eigenvalue weighted by atomic mass is 32.2. The van der Waals surface area contributed by atoms with Crippen LogP contribution in [0.15, 0.2) is 48.5 Å². The monoisotopic (exact) mass is 497 g/mol. The number of nitrogens with zero attached hydrogens (tertiary/aromatic N) is 1. The first kappa shape index (κ1) is 26.6. The van der Waals surface area contributed by atoms with Crippen LogP contribution in [0.4, 0.5) is 11.4 Å². The van der Waals surface area contributed by atoms with Gasteiger partial charge in [0.2, 0.25) is 17.7 Å². The maximum Gasteiger partial charge on any atom is 0.243 e. The molecule has 0 aromatic heterocycles. The van der Waals surface area contributed by atoms with E-state index in [2.05, 4.69) is 10.6 Å². The van der Waals surface area contributed by atoms with Gasteiger partial charge in [-0.15, -0.1) is 0 Å². The average Bonchev–Trinajstić information content (AvgIpc) is 2.82. The molecule has 2 atom stereocenters. The van der Waals surface area contributed by atoms with Crippen LogP contribution in [-0.2, 0) is 25.2 Å². The molecule has 1 fully saturated rings. The number of carbonyl (C=O) groups excluding carboxylic acids is 3. The molecule has 188 valence electrons. The molecule has 0 spiro atoms. The van der Waals surface area contributed by atoms with Gasteiger partial charge in [-0.05, 0) is 57.9 Å². The van der Waals surface area contributed by atoms with Gasteiger partial charge in [0.1, 0.15) is 17.5 Å². The molecule has 35 heavy (non-hydrogen) atoms. The van der Waals surface area contributed by atoms with Gasteiger partial charge in [-0.2, -0.15) is 0 Å². The average molecular weight is 498 g/mol. The lowest BCUT2D eigenvalue weighted by Gasteiger charge is -2.31. The summed E-state index contributed by atoms with van der Waals surface area (Å²) < 4.78 is 12.7. The topological polar surface area (TPSA) is 95.6 Å². The number of carbonyl (C=O) groups is 3. The maximum atomic E-state index is 13.3. The van der Waals surface area contributed by atoms with E-state index in [-0.39, 0.29) is 23.5 Å². The highest BCUT2D eigenvalue weighted by Gasteiger charge is 2.30. The van der Waals surface area contributed by atoms with Crippen molar-refractivity contribution in [3.8, 4) is 0 Å². The fourth-order valence-corrected chi connectivity index (χ4v) is 5.09. The molecule has 1 aliphatic rings. The first-order valence-corrected chi connectivity index (χ1v) is 13.6. The largest absolute Gasteiger partial charge is 0.352 e. The molecule has 2 aromatic rings. The molecule has 1 saturated carbocycles. The molecule has 0 unspecified atom stereocenters. The molecule has 3 amide bonds. The Morgan fingerprint density at radius 3 is 2.09 bits per heavy atom. The minimum atomic E-state index is -1.73. The van der Waals surface area contributed by atoms with Crippen molar-refractivity contribution in [1.82, 2.24) is 5.32 Å². The van der Waals surface area contributed by atoms with Gasteiger partial charge in [-0.25, -0.2) is 0 Å². The molecule has 2 aromatic carbocycles. The Kier molecular flexibility index (Phi) is 9.60. The lowest BCUT2D eigenvalue weighted by atomic mass is 9.95. The predicted molar refractivity (Wildman–Crippen MR) is 141 cm³/mol. The fraction of sp³-hybridized carbons (Fsp3) is 0.444. The summed E-state index contributed by atoms with van der Waals surface area (Å²) in [6.45, 7) is 5.57. The van der Waals surface area contributed by atoms with Gasteiger partial charge in [0, 0.05) is 28.2 Å². The number of nitrogens with one attached hydrogen (secondary N) is 2. The standard InChI is InChI=1S/C27H35N3O4S/c1-19-9-13-23(14-10-19)28-25(31)17-35(34)18-26(32)30(24-15-11-20(2)12-16-24)21(3)27(33)29-22-7-5-4-6-8-22/h9-16,21-22H,4-8,17-18H2,1-3H3,(H,28,31)(H,29,33)/t21-,35+/m0/s1. The summed E-state index contributed by atoms with van der Waals surface area (Å²) in [5.74, 6) is -1.76. The second-order valence-electron chi connectivity index (χ2n) is 9.26. The quantitative estimate of drug-likeness (QED) is 0.550. The SMILES string of the molecule is Cc1ccc(NC(=O)C[S@@](=O)CC(=O)N(c2ccc(C)cc2)[C@@H](C)C(=O)NC2CCCCC2)cc1. The molecular formula is C27H35N3O4S. The summed E-state index contributed by atoms with van der Waals surface area (Å²) in [5.41, 5.74) is 3.26. The Hall–Kier alpha value is -3.00. The normalized spacial score (nSPS) is 15.6. The molecule has 0 aliphatic heterocycles. The van der Waals surface area contributed by atoms with Crippen molar-refractivity contribution >= 4 is 39.9 Å². The van der Waals surface area contributed by atoms with Gasteiger partial charge in [-0.3, -0.25) is 23.5 Å². The molecule has 7 nitrogen and oxygen atoms in total. The number of amides is 3. The Morgan fingerprint density at radius 2 is 1.49 bits per heavy atom. The summed E-state index contributed by atoms with van der Waals surface area (Å²) in [5, 5.41) is 5.78. The third kappa shape index (κ3) is 8.02. The highest BCUT2D eigenvalue weighted by molar-refractivity contribution is 7.86. The summed E-state index contributed by atoms with van der Waals surface area (Å²) in [6, 6.07) is 13.9. The molecular weight excluding hydrogens is 462 g/mol. The smallest absolute Gasteiger partial charge is 0.243 e. The lowest BCUT2D eigenvalue weighted by Crippen LogP contribution is -2.52. The first-order valence-electron chi connectivity index (χ1n) is 12.1. The van der Waals surface area contributed by atoms with Crippen molar-refractivity contribution in [2.24, 2.45) is 0 Å². The number of anilines is 2. The van der Waals surface area contributed by atoms with Crippen LogP contribution < -0.4 is 15.5 Å².